The van der Waals surface area contributed by atoms with Gasteiger partial charge in [-0.15, -0.1) is 0 Å². The van der Waals surface area contributed by atoms with E-state index < -0.39 is 35.4 Å². The summed E-state index contributed by atoms with van der Waals surface area (Å²) in [6.45, 7) is 11.6. The third kappa shape index (κ3) is 8.82. The monoisotopic (exact) mass is 373 g/mol. The third-order valence-corrected chi connectivity index (χ3v) is 3.09. The van der Waals surface area contributed by atoms with Crippen LogP contribution in [0.3, 0.4) is 0 Å². The molecule has 2 atom stereocenters. The normalized spacial score (nSPS) is 14.0. The summed E-state index contributed by atoms with van der Waals surface area (Å²) in [6.07, 6.45) is -1.10. The summed E-state index contributed by atoms with van der Waals surface area (Å²) in [5.41, 5.74) is -1.77. The highest BCUT2D eigenvalue weighted by molar-refractivity contribution is 5.94. The fourth-order valence-electron chi connectivity index (χ4n) is 2.04. The molecule has 0 rings (SSSR count). The number of hydrogen-bond acceptors (Lipinski definition) is 7. The lowest BCUT2D eigenvalue weighted by Gasteiger charge is -2.33. The molecule has 0 bridgehead atoms. The van der Waals surface area contributed by atoms with Crippen LogP contribution in [-0.4, -0.2) is 53.7 Å². The van der Waals surface area contributed by atoms with E-state index in [4.69, 9.17) is 14.2 Å². The fraction of sp³-hybridized carbons (Fsp3) is 0.778. The van der Waals surface area contributed by atoms with E-state index in [0.29, 0.717) is 11.2 Å². The number of imide groups is 1. The van der Waals surface area contributed by atoms with Crippen molar-refractivity contribution in [3.63, 3.8) is 0 Å². The number of carbonyl (C=O) groups excluding carboxylic acids is 4. The van der Waals surface area contributed by atoms with Crippen molar-refractivity contribution in [1.29, 1.82) is 0 Å². The van der Waals surface area contributed by atoms with Gasteiger partial charge in [0.15, 0.2) is 0 Å². The molecule has 0 heterocycles. The average Bonchev–Trinajstić information content (AvgIpc) is 2.42. The predicted molar refractivity (Wildman–Crippen MR) is 94.6 cm³/mol. The van der Waals surface area contributed by atoms with Crippen molar-refractivity contribution in [2.45, 2.75) is 78.6 Å². The molecule has 2 amide bonds. The Balaban J connectivity index is 5.84. The lowest BCUT2D eigenvalue weighted by molar-refractivity contribution is -0.147. The van der Waals surface area contributed by atoms with Gasteiger partial charge in [0, 0.05) is 6.42 Å². The number of amides is 2. The third-order valence-electron chi connectivity index (χ3n) is 3.09. The Labute approximate surface area is 155 Å². The highest BCUT2D eigenvalue weighted by Gasteiger charge is 2.41. The molecule has 0 aromatic rings. The summed E-state index contributed by atoms with van der Waals surface area (Å²) < 4.78 is 15.3. The van der Waals surface area contributed by atoms with Gasteiger partial charge < -0.3 is 19.0 Å². The molecule has 0 aliphatic carbocycles. The summed E-state index contributed by atoms with van der Waals surface area (Å²) in [7, 11) is 1.15. The summed E-state index contributed by atoms with van der Waals surface area (Å²) >= 11 is 0. The minimum Gasteiger partial charge on any atom is -0.467 e. The number of carbonyl (C=O) groups is 4. The van der Waals surface area contributed by atoms with E-state index in [-0.39, 0.29) is 18.8 Å². The van der Waals surface area contributed by atoms with E-state index in [9.17, 15) is 19.2 Å². The van der Waals surface area contributed by atoms with Gasteiger partial charge in [0.05, 0.1) is 7.11 Å². The predicted octanol–water partition coefficient (Wildman–Crippen LogP) is 3.32. The largest absolute Gasteiger partial charge is 0.467 e. The molecule has 0 aromatic carbocycles. The number of nitrogens with zero attached hydrogens (tertiary/aromatic N) is 1. The topological polar surface area (TPSA) is 99.2 Å². The standard InChI is InChI=1S/C18H31NO7/c1-12(9-10-20)11-13(14(21)24-8)19(15(22)25-17(2,3)4)16(23)26-18(5,6)7/h10,12-13H,9,11H2,1-8H3/t12?,13-/m0/s1. The number of aldehydes is 1. The van der Waals surface area contributed by atoms with Crippen molar-refractivity contribution in [1.82, 2.24) is 4.90 Å². The molecule has 0 N–H and O–H groups in total. The van der Waals surface area contributed by atoms with E-state index in [0.717, 1.165) is 7.11 Å². The molecule has 8 nitrogen and oxygen atoms in total. The molecule has 0 fully saturated rings. The van der Waals surface area contributed by atoms with Crippen LogP contribution >= 0.6 is 0 Å². The zero-order valence-electron chi connectivity index (χ0n) is 17.0. The second-order valence-corrected chi connectivity index (χ2v) is 8.11. The van der Waals surface area contributed by atoms with Crippen LogP contribution in [0.5, 0.6) is 0 Å². The van der Waals surface area contributed by atoms with E-state index >= 15 is 0 Å². The summed E-state index contributed by atoms with van der Waals surface area (Å²) in [5.74, 6) is -1.05. The van der Waals surface area contributed by atoms with Gasteiger partial charge in [-0.05, 0) is 53.9 Å². The Morgan fingerprint density at radius 1 is 0.962 bits per heavy atom. The zero-order valence-corrected chi connectivity index (χ0v) is 17.0. The van der Waals surface area contributed by atoms with E-state index in [2.05, 4.69) is 0 Å². The van der Waals surface area contributed by atoms with E-state index in [1.54, 1.807) is 48.5 Å². The number of methoxy groups -OCH3 is 1. The maximum Gasteiger partial charge on any atom is 0.420 e. The van der Waals surface area contributed by atoms with Crippen LogP contribution in [0.25, 0.3) is 0 Å². The second kappa shape index (κ2) is 9.54. The Hall–Kier alpha value is -2.12. The summed E-state index contributed by atoms with van der Waals surface area (Å²) in [6, 6.07) is -1.26. The van der Waals surface area contributed by atoms with Crippen LogP contribution < -0.4 is 0 Å². The van der Waals surface area contributed by atoms with Gasteiger partial charge in [0.2, 0.25) is 0 Å². The molecule has 0 saturated carbocycles. The molecule has 1 unspecified atom stereocenters. The van der Waals surface area contributed by atoms with Crippen LogP contribution in [0, 0.1) is 5.92 Å². The van der Waals surface area contributed by atoms with Gasteiger partial charge in [-0.2, -0.15) is 4.90 Å². The second-order valence-electron chi connectivity index (χ2n) is 8.11. The Bertz CT molecular complexity index is 489. The highest BCUT2D eigenvalue weighted by Crippen LogP contribution is 2.22. The zero-order chi connectivity index (χ0) is 20.7. The van der Waals surface area contributed by atoms with E-state index in [1.165, 1.54) is 0 Å². The first-order valence-corrected chi connectivity index (χ1v) is 8.48. The Morgan fingerprint density at radius 2 is 1.38 bits per heavy atom. The molecule has 0 aliphatic rings. The SMILES string of the molecule is COC(=O)[C@H](CC(C)CC=O)N(C(=O)OC(C)(C)C)C(=O)OC(C)(C)C. The van der Waals surface area contributed by atoms with Crippen molar-refractivity contribution >= 4 is 24.4 Å². The highest BCUT2D eigenvalue weighted by atomic mass is 16.6. The molecular weight excluding hydrogens is 342 g/mol. The summed E-state index contributed by atoms with van der Waals surface area (Å²) in [4.78, 5) is 48.9. The van der Waals surface area contributed by atoms with Crippen molar-refractivity contribution in [3.05, 3.63) is 0 Å². The van der Waals surface area contributed by atoms with Crippen LogP contribution in [0.4, 0.5) is 9.59 Å². The van der Waals surface area contributed by atoms with Crippen LogP contribution in [0.2, 0.25) is 0 Å². The quantitative estimate of drug-likeness (QED) is 0.400. The molecule has 0 aliphatic heterocycles. The van der Waals surface area contributed by atoms with Crippen molar-refractivity contribution < 1.29 is 33.4 Å². The van der Waals surface area contributed by atoms with Gasteiger partial charge in [0.1, 0.15) is 23.5 Å². The lowest BCUT2D eigenvalue weighted by atomic mass is 9.98. The van der Waals surface area contributed by atoms with Crippen LogP contribution in [0.15, 0.2) is 0 Å². The average molecular weight is 373 g/mol. The van der Waals surface area contributed by atoms with Gasteiger partial charge in [-0.3, -0.25) is 0 Å². The van der Waals surface area contributed by atoms with Gasteiger partial charge in [0.25, 0.3) is 0 Å². The van der Waals surface area contributed by atoms with Crippen LogP contribution in [-0.2, 0) is 23.8 Å². The first kappa shape index (κ1) is 23.9. The Kier molecular flexibility index (Phi) is 8.76. The van der Waals surface area contributed by atoms with Gasteiger partial charge in [-0.1, -0.05) is 6.92 Å². The minimum absolute atomic E-state index is 0.0455. The molecule has 0 spiro atoms. The number of hydrogen-bond donors (Lipinski definition) is 0. The first-order chi connectivity index (χ1) is 11.7. The molecule has 0 aromatic heterocycles. The van der Waals surface area contributed by atoms with Crippen molar-refractivity contribution in [3.8, 4) is 0 Å². The van der Waals surface area contributed by atoms with Crippen LogP contribution in [0.1, 0.15) is 61.3 Å². The Morgan fingerprint density at radius 3 is 1.69 bits per heavy atom. The number of rotatable bonds is 6. The summed E-state index contributed by atoms with van der Waals surface area (Å²) in [5, 5.41) is 0. The maximum absolute atomic E-state index is 12.6. The number of esters is 1. The molecular formula is C18H31NO7. The fourth-order valence-corrected chi connectivity index (χ4v) is 2.04. The maximum atomic E-state index is 12.6. The smallest absolute Gasteiger partial charge is 0.420 e. The minimum atomic E-state index is -1.26. The molecule has 0 radical (unpaired) electrons. The molecule has 150 valence electrons. The molecule has 26 heavy (non-hydrogen) atoms. The van der Waals surface area contributed by atoms with Gasteiger partial charge in [-0.25, -0.2) is 14.4 Å². The van der Waals surface area contributed by atoms with Crippen molar-refractivity contribution in [2.24, 2.45) is 5.92 Å². The number of ether oxygens (including phenoxy) is 3. The first-order valence-electron chi connectivity index (χ1n) is 8.48. The lowest BCUT2D eigenvalue weighted by Crippen LogP contribution is -2.52. The van der Waals surface area contributed by atoms with Crippen molar-refractivity contribution in [2.75, 3.05) is 7.11 Å². The molecule has 8 heteroatoms. The van der Waals surface area contributed by atoms with E-state index in [1.807, 2.05) is 0 Å². The molecule has 0 saturated heterocycles. The van der Waals surface area contributed by atoms with Gasteiger partial charge >= 0.3 is 18.2 Å².